The van der Waals surface area contributed by atoms with Crippen LogP contribution in [-0.4, -0.2) is 28.2 Å². The molecule has 0 unspecified atom stereocenters. The van der Waals surface area contributed by atoms with E-state index < -0.39 is 23.1 Å². The Kier molecular flexibility index (Phi) is 6.96. The fourth-order valence-electron chi connectivity index (χ4n) is 3.65. The summed E-state index contributed by atoms with van der Waals surface area (Å²) < 4.78 is 41.8. The largest absolute Gasteiger partial charge is 0.416 e. The molecule has 10 heteroatoms. The third kappa shape index (κ3) is 5.65. The first-order valence-corrected chi connectivity index (χ1v) is 11.1. The normalized spacial score (nSPS) is 11.4. The molecule has 4 rings (SSSR count). The summed E-state index contributed by atoms with van der Waals surface area (Å²) in [6, 6.07) is 20.9. The van der Waals surface area contributed by atoms with Gasteiger partial charge >= 0.3 is 17.6 Å². The van der Waals surface area contributed by atoms with Crippen molar-refractivity contribution in [3.63, 3.8) is 0 Å². The van der Waals surface area contributed by atoms with Gasteiger partial charge in [0.25, 0.3) is 0 Å². The number of anilines is 3. The molecule has 0 radical (unpaired) electrons. The van der Waals surface area contributed by atoms with E-state index in [9.17, 15) is 22.8 Å². The molecule has 0 atom stereocenters. The second kappa shape index (κ2) is 10.1. The minimum Gasteiger partial charge on any atom is -0.378 e. The van der Waals surface area contributed by atoms with Crippen molar-refractivity contribution in [2.75, 3.05) is 24.3 Å². The molecule has 0 spiro atoms. The Morgan fingerprint density at radius 1 is 0.833 bits per heavy atom. The number of aromatic nitrogens is 3. The van der Waals surface area contributed by atoms with Gasteiger partial charge in [0.2, 0.25) is 5.95 Å². The monoisotopic (exact) mass is 495 g/mol. The highest BCUT2D eigenvalue weighted by atomic mass is 19.4. The van der Waals surface area contributed by atoms with Crippen LogP contribution in [0.2, 0.25) is 0 Å². The van der Waals surface area contributed by atoms with Crippen LogP contribution < -0.4 is 21.6 Å². The average molecular weight is 496 g/mol. The molecule has 4 aromatic rings. The van der Waals surface area contributed by atoms with Gasteiger partial charge in [0, 0.05) is 25.5 Å². The first-order chi connectivity index (χ1) is 17.1. The number of halogens is 3. The van der Waals surface area contributed by atoms with Gasteiger partial charge in [-0.05, 0) is 41.5 Å². The Morgan fingerprint density at radius 2 is 1.47 bits per heavy atom. The van der Waals surface area contributed by atoms with Crippen LogP contribution in [0, 0.1) is 0 Å². The molecule has 0 saturated carbocycles. The summed E-state index contributed by atoms with van der Waals surface area (Å²) in [4.78, 5) is 32.2. The van der Waals surface area contributed by atoms with Crippen LogP contribution in [-0.2, 0) is 19.3 Å². The fourth-order valence-corrected chi connectivity index (χ4v) is 3.65. The summed E-state index contributed by atoms with van der Waals surface area (Å²) in [5, 5.41) is 2.74. The van der Waals surface area contributed by atoms with Crippen LogP contribution >= 0.6 is 0 Å². The quantitative estimate of drug-likeness (QED) is 0.413. The zero-order chi connectivity index (χ0) is 25.9. The molecule has 1 heterocycles. The lowest BCUT2D eigenvalue weighted by Gasteiger charge is -2.17. The van der Waals surface area contributed by atoms with E-state index in [1.807, 2.05) is 49.3 Å². The highest BCUT2D eigenvalue weighted by Crippen LogP contribution is 2.31. The first-order valence-electron chi connectivity index (χ1n) is 11.1. The molecule has 36 heavy (non-hydrogen) atoms. The van der Waals surface area contributed by atoms with Crippen LogP contribution in [0.15, 0.2) is 88.5 Å². The zero-order valence-corrected chi connectivity index (χ0v) is 19.7. The molecule has 186 valence electrons. The number of hydrogen-bond donors (Lipinski definition) is 1. The van der Waals surface area contributed by atoms with Gasteiger partial charge in [-0.15, -0.1) is 0 Å². The van der Waals surface area contributed by atoms with E-state index >= 15 is 0 Å². The highest BCUT2D eigenvalue weighted by Gasteiger charge is 2.30. The summed E-state index contributed by atoms with van der Waals surface area (Å²) in [7, 11) is 3.81. The molecule has 3 aromatic carbocycles. The maximum Gasteiger partial charge on any atom is 0.416 e. The standard InChI is InChI=1S/C26H24F3N5O2/c1-32(2)22-13-11-19(12-14-22)16-33-23(30-21-10-6-9-20(15-21)26(27,28)29)31-24(35)34(25(33)36)17-18-7-4-3-5-8-18/h3-15H,16-17H2,1-2H3,(H,30,31,35). The molecule has 0 fully saturated rings. The van der Waals surface area contributed by atoms with Crippen LogP contribution in [0.25, 0.3) is 0 Å². The number of rotatable bonds is 7. The molecule has 1 aromatic heterocycles. The maximum atomic E-state index is 13.5. The van der Waals surface area contributed by atoms with E-state index in [1.165, 1.54) is 16.7 Å². The van der Waals surface area contributed by atoms with Gasteiger partial charge in [-0.2, -0.15) is 18.2 Å². The van der Waals surface area contributed by atoms with E-state index in [0.29, 0.717) is 0 Å². The number of nitrogens with one attached hydrogen (secondary N) is 1. The van der Waals surface area contributed by atoms with Crippen LogP contribution in [0.1, 0.15) is 16.7 Å². The van der Waals surface area contributed by atoms with Gasteiger partial charge in [-0.3, -0.25) is 4.57 Å². The first kappa shape index (κ1) is 24.8. The lowest BCUT2D eigenvalue weighted by atomic mass is 10.2. The van der Waals surface area contributed by atoms with E-state index in [4.69, 9.17) is 0 Å². The Morgan fingerprint density at radius 3 is 2.11 bits per heavy atom. The van der Waals surface area contributed by atoms with E-state index in [0.717, 1.165) is 33.5 Å². The zero-order valence-electron chi connectivity index (χ0n) is 19.7. The van der Waals surface area contributed by atoms with Gasteiger partial charge in [-0.1, -0.05) is 48.5 Å². The Bertz CT molecular complexity index is 1460. The molecule has 0 amide bonds. The van der Waals surface area contributed by atoms with Crippen molar-refractivity contribution in [2.45, 2.75) is 19.3 Å². The van der Waals surface area contributed by atoms with Gasteiger partial charge in [0.1, 0.15) is 0 Å². The van der Waals surface area contributed by atoms with Gasteiger partial charge in [-0.25, -0.2) is 14.2 Å². The average Bonchev–Trinajstić information content (AvgIpc) is 2.85. The Labute approximate surface area is 205 Å². The second-order valence-corrected chi connectivity index (χ2v) is 8.42. The molecule has 0 aliphatic carbocycles. The lowest BCUT2D eigenvalue weighted by Crippen LogP contribution is -2.43. The summed E-state index contributed by atoms with van der Waals surface area (Å²) in [6.07, 6.45) is -4.54. The number of alkyl halides is 3. The predicted octanol–water partition coefficient (Wildman–Crippen LogP) is 4.33. The molecular formula is C26H24F3N5O2. The Balaban J connectivity index is 1.78. The molecule has 0 aliphatic rings. The third-order valence-electron chi connectivity index (χ3n) is 5.57. The fraction of sp³-hybridized carbons (Fsp3) is 0.192. The molecule has 1 N–H and O–H groups in total. The highest BCUT2D eigenvalue weighted by molar-refractivity contribution is 5.55. The summed E-state index contributed by atoms with van der Waals surface area (Å²) >= 11 is 0. The van der Waals surface area contributed by atoms with Crippen molar-refractivity contribution in [3.05, 3.63) is 117 Å². The molecular weight excluding hydrogens is 471 g/mol. The summed E-state index contributed by atoms with van der Waals surface area (Å²) in [5.74, 6) is -0.148. The summed E-state index contributed by atoms with van der Waals surface area (Å²) in [6.45, 7) is 0.0603. The minimum atomic E-state index is -4.54. The molecule has 7 nitrogen and oxygen atoms in total. The van der Waals surface area contributed by atoms with Crippen LogP contribution in [0.3, 0.4) is 0 Å². The Hall–Kier alpha value is -4.34. The number of nitrogens with zero attached hydrogens (tertiary/aromatic N) is 4. The van der Waals surface area contributed by atoms with Crippen LogP contribution in [0.5, 0.6) is 0 Å². The van der Waals surface area contributed by atoms with Gasteiger partial charge in [0.15, 0.2) is 0 Å². The smallest absolute Gasteiger partial charge is 0.378 e. The number of hydrogen-bond acceptors (Lipinski definition) is 5. The molecule has 0 bridgehead atoms. The van der Waals surface area contributed by atoms with Crippen molar-refractivity contribution >= 4 is 17.3 Å². The topological polar surface area (TPSA) is 72.2 Å². The van der Waals surface area contributed by atoms with Crippen LogP contribution in [0.4, 0.5) is 30.5 Å². The van der Waals surface area contributed by atoms with Gasteiger partial charge in [0.05, 0.1) is 18.7 Å². The van der Waals surface area contributed by atoms with Crippen molar-refractivity contribution in [1.29, 1.82) is 0 Å². The summed E-state index contributed by atoms with van der Waals surface area (Å²) in [5.41, 5.74) is 0.190. The lowest BCUT2D eigenvalue weighted by molar-refractivity contribution is -0.137. The maximum absolute atomic E-state index is 13.5. The van der Waals surface area contributed by atoms with E-state index in [1.54, 1.807) is 24.3 Å². The third-order valence-corrected chi connectivity index (χ3v) is 5.57. The second-order valence-electron chi connectivity index (χ2n) is 8.42. The number of benzene rings is 3. The van der Waals surface area contributed by atoms with Crippen molar-refractivity contribution in [2.24, 2.45) is 0 Å². The van der Waals surface area contributed by atoms with Crippen molar-refractivity contribution < 1.29 is 13.2 Å². The van der Waals surface area contributed by atoms with Crippen molar-refractivity contribution in [3.8, 4) is 0 Å². The van der Waals surface area contributed by atoms with E-state index in [2.05, 4.69) is 10.3 Å². The van der Waals surface area contributed by atoms with Gasteiger partial charge < -0.3 is 10.2 Å². The molecule has 0 aliphatic heterocycles. The minimum absolute atomic E-state index is 0.00884. The SMILES string of the molecule is CN(C)c1ccc(Cn2c(Nc3cccc(C(F)(F)F)c3)nc(=O)n(Cc3ccccc3)c2=O)cc1. The predicted molar refractivity (Wildman–Crippen MR) is 133 cm³/mol. The molecule has 0 saturated heterocycles. The van der Waals surface area contributed by atoms with Crippen molar-refractivity contribution in [1.82, 2.24) is 14.1 Å². The van der Waals surface area contributed by atoms with E-state index in [-0.39, 0.29) is 24.7 Å².